The van der Waals surface area contributed by atoms with Gasteiger partial charge in [-0.2, -0.15) is 0 Å². The van der Waals surface area contributed by atoms with E-state index in [4.69, 9.17) is 14.2 Å². The number of aryl methyl sites for hydroxylation is 2. The van der Waals surface area contributed by atoms with Crippen LogP contribution in [0.3, 0.4) is 0 Å². The minimum absolute atomic E-state index is 0.182. The minimum atomic E-state index is 0.182. The van der Waals surface area contributed by atoms with E-state index in [1.54, 1.807) is 21.3 Å². The third kappa shape index (κ3) is 4.15. The van der Waals surface area contributed by atoms with Crippen LogP contribution in [-0.4, -0.2) is 37.3 Å². The number of fused-ring (bicyclic) bond motifs is 1. The molecule has 0 aliphatic carbocycles. The normalized spacial score (nSPS) is 16.5. The molecule has 1 aliphatic heterocycles. The van der Waals surface area contributed by atoms with Crippen LogP contribution < -0.4 is 14.2 Å². The van der Waals surface area contributed by atoms with E-state index in [0.29, 0.717) is 11.5 Å². The van der Waals surface area contributed by atoms with Crippen LogP contribution >= 0.6 is 0 Å². The quantitative estimate of drug-likeness (QED) is 0.535. The molecule has 3 aromatic rings. The minimum Gasteiger partial charge on any atom is -0.493 e. The van der Waals surface area contributed by atoms with Crippen LogP contribution in [-0.2, 0) is 19.5 Å². The summed E-state index contributed by atoms with van der Waals surface area (Å²) in [5.41, 5.74) is 5.11. The van der Waals surface area contributed by atoms with E-state index >= 15 is 0 Å². The van der Waals surface area contributed by atoms with E-state index in [1.807, 2.05) is 6.07 Å². The Balaban J connectivity index is 1.75. The summed E-state index contributed by atoms with van der Waals surface area (Å²) < 4.78 is 19.3. The summed E-state index contributed by atoms with van der Waals surface area (Å²) in [6, 6.07) is 17.7. The maximum Gasteiger partial charge on any atom is 0.203 e. The van der Waals surface area contributed by atoms with Crippen molar-refractivity contribution < 1.29 is 14.2 Å². The van der Waals surface area contributed by atoms with Gasteiger partial charge in [0, 0.05) is 37.1 Å². The third-order valence-corrected chi connectivity index (χ3v) is 6.22. The highest BCUT2D eigenvalue weighted by atomic mass is 16.5. The first-order valence-electron chi connectivity index (χ1n) is 11.0. The molecule has 0 bridgehead atoms. The van der Waals surface area contributed by atoms with Gasteiger partial charge in [0.25, 0.3) is 0 Å². The van der Waals surface area contributed by atoms with Crippen molar-refractivity contribution in [2.75, 3.05) is 27.9 Å². The Labute approximate surface area is 185 Å². The molecule has 1 unspecified atom stereocenters. The van der Waals surface area contributed by atoms with Crippen LogP contribution in [0.4, 0.5) is 0 Å². The summed E-state index contributed by atoms with van der Waals surface area (Å²) in [6.45, 7) is 4.99. The highest BCUT2D eigenvalue weighted by molar-refractivity contribution is 5.55. The van der Waals surface area contributed by atoms with E-state index < -0.39 is 0 Å². The maximum absolute atomic E-state index is 5.77. The molecule has 0 saturated carbocycles. The second-order valence-electron chi connectivity index (χ2n) is 7.94. The lowest BCUT2D eigenvalue weighted by Gasteiger charge is -2.31. The number of rotatable bonds is 7. The number of methoxy groups -OCH3 is 3. The molecule has 2 heterocycles. The van der Waals surface area contributed by atoms with Gasteiger partial charge in [-0.1, -0.05) is 37.3 Å². The molecule has 5 heteroatoms. The number of aromatic nitrogens is 1. The van der Waals surface area contributed by atoms with Crippen molar-refractivity contribution in [2.24, 2.45) is 0 Å². The first-order chi connectivity index (χ1) is 15.2. The lowest BCUT2D eigenvalue weighted by molar-refractivity contribution is 0.216. The van der Waals surface area contributed by atoms with Crippen LogP contribution in [0.25, 0.3) is 0 Å². The second kappa shape index (κ2) is 9.48. The average Bonchev–Trinajstić information content (AvgIpc) is 3.20. The van der Waals surface area contributed by atoms with Crippen molar-refractivity contribution in [3.8, 4) is 17.2 Å². The van der Waals surface area contributed by atoms with Gasteiger partial charge >= 0.3 is 0 Å². The van der Waals surface area contributed by atoms with Crippen molar-refractivity contribution >= 4 is 0 Å². The van der Waals surface area contributed by atoms with Crippen molar-refractivity contribution in [1.29, 1.82) is 0 Å². The van der Waals surface area contributed by atoms with Crippen LogP contribution in [0.1, 0.15) is 41.8 Å². The molecule has 1 atom stereocenters. The standard InChI is InChI=1S/C26H32N2O3/c1-5-19-9-11-20(12-10-19)24-22-8-6-15-27(22)16-7-17-28(24)18-21-13-14-23(29-2)26(31-4)25(21)30-3/h6,8-15,24H,5,7,16-18H2,1-4H3. The van der Waals surface area contributed by atoms with E-state index in [-0.39, 0.29) is 6.04 Å². The number of hydrogen-bond donors (Lipinski definition) is 0. The van der Waals surface area contributed by atoms with Gasteiger partial charge in [-0.15, -0.1) is 0 Å². The Bertz CT molecular complexity index is 1010. The molecule has 0 radical (unpaired) electrons. The summed E-state index contributed by atoms with van der Waals surface area (Å²) in [7, 11) is 4.99. The molecular weight excluding hydrogens is 388 g/mol. The van der Waals surface area contributed by atoms with Crippen molar-refractivity contribution in [1.82, 2.24) is 9.47 Å². The highest BCUT2D eigenvalue weighted by Gasteiger charge is 2.29. The summed E-state index contributed by atoms with van der Waals surface area (Å²) in [6.07, 6.45) is 4.35. The van der Waals surface area contributed by atoms with Crippen molar-refractivity contribution in [2.45, 2.75) is 38.9 Å². The van der Waals surface area contributed by atoms with Gasteiger partial charge in [-0.25, -0.2) is 0 Å². The molecule has 0 fully saturated rings. The third-order valence-electron chi connectivity index (χ3n) is 6.22. The van der Waals surface area contributed by atoms with Gasteiger partial charge in [0.2, 0.25) is 5.75 Å². The van der Waals surface area contributed by atoms with Gasteiger partial charge in [0.1, 0.15) is 0 Å². The Kier molecular flexibility index (Phi) is 6.52. The molecule has 2 aromatic carbocycles. The Morgan fingerprint density at radius 1 is 0.871 bits per heavy atom. The number of ether oxygens (including phenoxy) is 3. The van der Waals surface area contributed by atoms with E-state index in [0.717, 1.165) is 43.8 Å². The maximum atomic E-state index is 5.77. The van der Waals surface area contributed by atoms with Crippen molar-refractivity contribution in [3.05, 3.63) is 77.1 Å². The predicted molar refractivity (Wildman–Crippen MR) is 123 cm³/mol. The van der Waals surface area contributed by atoms with Gasteiger partial charge in [-0.05, 0) is 42.2 Å². The van der Waals surface area contributed by atoms with E-state index in [2.05, 4.69) is 65.1 Å². The summed E-state index contributed by atoms with van der Waals surface area (Å²) in [5, 5.41) is 0. The molecular formula is C26H32N2O3. The zero-order chi connectivity index (χ0) is 21.8. The molecule has 1 aromatic heterocycles. The fourth-order valence-corrected chi connectivity index (χ4v) is 4.63. The molecule has 5 nitrogen and oxygen atoms in total. The zero-order valence-corrected chi connectivity index (χ0v) is 18.9. The Morgan fingerprint density at radius 3 is 2.32 bits per heavy atom. The summed E-state index contributed by atoms with van der Waals surface area (Å²) in [4.78, 5) is 2.55. The van der Waals surface area contributed by atoms with Crippen molar-refractivity contribution in [3.63, 3.8) is 0 Å². The fourth-order valence-electron chi connectivity index (χ4n) is 4.63. The number of benzene rings is 2. The SMILES string of the molecule is CCc1ccc(C2c3cccn3CCCN2Cc2ccc(OC)c(OC)c2OC)cc1. The molecule has 164 valence electrons. The lowest BCUT2D eigenvalue weighted by Crippen LogP contribution is -2.29. The van der Waals surface area contributed by atoms with Gasteiger partial charge < -0.3 is 18.8 Å². The molecule has 0 saturated heterocycles. The van der Waals surface area contributed by atoms with Gasteiger partial charge in [0.05, 0.1) is 27.4 Å². The number of nitrogens with zero attached hydrogens (tertiary/aromatic N) is 2. The van der Waals surface area contributed by atoms with Crippen LogP contribution in [0, 0.1) is 0 Å². The molecule has 1 aliphatic rings. The first kappa shape index (κ1) is 21.3. The Morgan fingerprint density at radius 2 is 1.65 bits per heavy atom. The highest BCUT2D eigenvalue weighted by Crippen LogP contribution is 2.42. The summed E-state index contributed by atoms with van der Waals surface area (Å²) >= 11 is 0. The largest absolute Gasteiger partial charge is 0.493 e. The first-order valence-corrected chi connectivity index (χ1v) is 11.0. The lowest BCUT2D eigenvalue weighted by atomic mass is 9.99. The monoisotopic (exact) mass is 420 g/mol. The molecule has 0 spiro atoms. The molecule has 0 N–H and O–H groups in total. The van der Waals surface area contributed by atoms with Gasteiger partial charge in [0.15, 0.2) is 11.5 Å². The Hall–Kier alpha value is -2.92. The molecule has 4 rings (SSSR count). The molecule has 0 amide bonds. The summed E-state index contributed by atoms with van der Waals surface area (Å²) in [5.74, 6) is 2.06. The predicted octanol–water partition coefficient (Wildman–Crippen LogP) is 5.07. The zero-order valence-electron chi connectivity index (χ0n) is 18.9. The second-order valence-corrected chi connectivity index (χ2v) is 7.94. The van der Waals surface area contributed by atoms with Crippen LogP contribution in [0.2, 0.25) is 0 Å². The average molecular weight is 421 g/mol. The van der Waals surface area contributed by atoms with Crippen LogP contribution in [0.5, 0.6) is 17.2 Å². The number of hydrogen-bond acceptors (Lipinski definition) is 4. The van der Waals surface area contributed by atoms with E-state index in [9.17, 15) is 0 Å². The smallest absolute Gasteiger partial charge is 0.203 e. The topological polar surface area (TPSA) is 35.9 Å². The van der Waals surface area contributed by atoms with Gasteiger partial charge in [-0.3, -0.25) is 4.90 Å². The molecule has 31 heavy (non-hydrogen) atoms. The van der Waals surface area contributed by atoms with Crippen LogP contribution in [0.15, 0.2) is 54.7 Å². The fraction of sp³-hybridized carbons (Fsp3) is 0.385. The van der Waals surface area contributed by atoms with E-state index in [1.165, 1.54) is 16.8 Å².